The lowest BCUT2D eigenvalue weighted by atomic mass is 9.83. The van der Waals surface area contributed by atoms with Crippen LogP contribution in [0.3, 0.4) is 0 Å². The van der Waals surface area contributed by atoms with Gasteiger partial charge in [-0.3, -0.25) is 0 Å². The van der Waals surface area contributed by atoms with Gasteiger partial charge in [-0.2, -0.15) is 0 Å². The van der Waals surface area contributed by atoms with Crippen LogP contribution >= 0.6 is 0 Å². The molecule has 0 saturated carbocycles. The molecule has 18 heavy (non-hydrogen) atoms. The predicted molar refractivity (Wildman–Crippen MR) is 75.8 cm³/mol. The van der Waals surface area contributed by atoms with Crippen molar-refractivity contribution in [3.05, 3.63) is 34.9 Å². The maximum absolute atomic E-state index is 10.9. The van der Waals surface area contributed by atoms with Gasteiger partial charge in [-0.1, -0.05) is 29.3 Å². The second-order valence-corrected chi connectivity index (χ2v) is 6.04. The van der Waals surface area contributed by atoms with Gasteiger partial charge >= 0.3 is 0 Å². The fraction of sp³-hybridized carbons (Fsp3) is 0.625. The van der Waals surface area contributed by atoms with Crippen LogP contribution in [0.1, 0.15) is 43.4 Å². The fourth-order valence-electron chi connectivity index (χ4n) is 2.94. The molecule has 1 saturated heterocycles. The minimum atomic E-state index is -0.623. The van der Waals surface area contributed by atoms with Crippen LogP contribution in [0, 0.1) is 13.8 Å². The van der Waals surface area contributed by atoms with Gasteiger partial charge in [0.25, 0.3) is 0 Å². The first-order chi connectivity index (χ1) is 8.40. The van der Waals surface area contributed by atoms with Crippen LogP contribution < -0.4 is 0 Å². The quantitative estimate of drug-likeness (QED) is 0.868. The second-order valence-electron chi connectivity index (χ2n) is 6.04. The molecule has 2 rings (SSSR count). The minimum Gasteiger partial charge on any atom is -0.385 e. The van der Waals surface area contributed by atoms with Gasteiger partial charge in [-0.15, -0.1) is 0 Å². The van der Waals surface area contributed by atoms with Crippen molar-refractivity contribution in [2.75, 3.05) is 13.1 Å². The maximum Gasteiger partial charge on any atom is 0.0921 e. The third-order valence-electron chi connectivity index (χ3n) is 4.11. The van der Waals surface area contributed by atoms with Crippen molar-refractivity contribution in [1.82, 2.24) is 4.90 Å². The summed E-state index contributed by atoms with van der Waals surface area (Å²) in [5.41, 5.74) is 2.96. The number of likely N-dealkylation sites (tertiary alicyclic amines) is 1. The zero-order valence-corrected chi connectivity index (χ0v) is 12.0. The molecule has 0 aliphatic carbocycles. The summed E-state index contributed by atoms with van der Waals surface area (Å²) >= 11 is 0. The molecule has 1 aromatic carbocycles. The number of benzene rings is 1. The zero-order chi connectivity index (χ0) is 13.3. The SMILES string of the molecule is Cc1cc(C)cc(C2(O)CCN(C(C)C)CC2)c1. The number of nitrogens with zero attached hydrogens (tertiary/aromatic N) is 1. The van der Waals surface area contributed by atoms with Crippen molar-refractivity contribution in [2.24, 2.45) is 0 Å². The van der Waals surface area contributed by atoms with Crippen molar-refractivity contribution in [2.45, 2.75) is 52.2 Å². The molecule has 0 atom stereocenters. The number of aliphatic hydroxyl groups is 1. The van der Waals surface area contributed by atoms with Crippen LogP contribution in [0.25, 0.3) is 0 Å². The first-order valence-corrected chi connectivity index (χ1v) is 6.96. The molecule has 2 heteroatoms. The van der Waals surface area contributed by atoms with Gasteiger partial charge in [-0.05, 0) is 46.1 Å². The largest absolute Gasteiger partial charge is 0.385 e. The lowest BCUT2D eigenvalue weighted by molar-refractivity contribution is -0.0324. The van der Waals surface area contributed by atoms with Gasteiger partial charge < -0.3 is 10.0 Å². The average molecular weight is 247 g/mol. The van der Waals surface area contributed by atoms with Crippen LogP contribution in [0.4, 0.5) is 0 Å². The highest BCUT2D eigenvalue weighted by molar-refractivity contribution is 5.32. The number of rotatable bonds is 2. The van der Waals surface area contributed by atoms with E-state index in [1.165, 1.54) is 11.1 Å². The topological polar surface area (TPSA) is 23.5 Å². The van der Waals surface area contributed by atoms with E-state index in [9.17, 15) is 5.11 Å². The van der Waals surface area contributed by atoms with Crippen molar-refractivity contribution in [3.8, 4) is 0 Å². The Kier molecular flexibility index (Phi) is 3.79. The van der Waals surface area contributed by atoms with Gasteiger partial charge in [0.1, 0.15) is 0 Å². The highest BCUT2D eigenvalue weighted by atomic mass is 16.3. The fourth-order valence-corrected chi connectivity index (χ4v) is 2.94. The molecule has 100 valence electrons. The second kappa shape index (κ2) is 5.02. The Morgan fingerprint density at radius 1 is 1.06 bits per heavy atom. The molecular formula is C16H25NO. The van der Waals surface area contributed by atoms with Crippen LogP contribution in [0.15, 0.2) is 18.2 Å². The summed E-state index contributed by atoms with van der Waals surface area (Å²) < 4.78 is 0. The van der Waals surface area contributed by atoms with E-state index in [2.05, 4.69) is 50.8 Å². The molecule has 1 N–H and O–H groups in total. The molecule has 0 unspecified atom stereocenters. The summed E-state index contributed by atoms with van der Waals surface area (Å²) in [6, 6.07) is 7.01. The monoisotopic (exact) mass is 247 g/mol. The summed E-state index contributed by atoms with van der Waals surface area (Å²) in [6.45, 7) is 10.6. The molecule has 0 bridgehead atoms. The van der Waals surface area contributed by atoms with Crippen LogP contribution in [-0.2, 0) is 5.60 Å². The Morgan fingerprint density at radius 3 is 2.00 bits per heavy atom. The Hall–Kier alpha value is -0.860. The normalized spacial score (nSPS) is 20.3. The van der Waals surface area contributed by atoms with E-state index in [4.69, 9.17) is 0 Å². The molecule has 1 aromatic rings. The molecule has 0 spiro atoms. The van der Waals surface area contributed by atoms with Crippen LogP contribution in [-0.4, -0.2) is 29.1 Å². The van der Waals surface area contributed by atoms with E-state index in [0.29, 0.717) is 6.04 Å². The van der Waals surface area contributed by atoms with E-state index in [0.717, 1.165) is 31.5 Å². The summed E-state index contributed by atoms with van der Waals surface area (Å²) in [7, 11) is 0. The number of aryl methyl sites for hydroxylation is 2. The Bertz CT molecular complexity index is 397. The van der Waals surface area contributed by atoms with Crippen molar-refractivity contribution < 1.29 is 5.11 Å². The van der Waals surface area contributed by atoms with Gasteiger partial charge in [0.05, 0.1) is 5.60 Å². The minimum absolute atomic E-state index is 0.578. The Morgan fingerprint density at radius 2 is 1.56 bits per heavy atom. The van der Waals surface area contributed by atoms with E-state index >= 15 is 0 Å². The first kappa shape index (κ1) is 13.6. The van der Waals surface area contributed by atoms with Crippen molar-refractivity contribution in [3.63, 3.8) is 0 Å². The average Bonchev–Trinajstić information content (AvgIpc) is 2.28. The first-order valence-electron chi connectivity index (χ1n) is 6.96. The summed E-state index contributed by atoms with van der Waals surface area (Å²) in [6.07, 6.45) is 1.68. The van der Waals surface area contributed by atoms with Crippen LogP contribution in [0.2, 0.25) is 0 Å². The standard InChI is InChI=1S/C16H25NO/c1-12(2)17-7-5-16(18,6-8-17)15-10-13(3)9-14(4)11-15/h9-12,18H,5-8H2,1-4H3. The zero-order valence-electron chi connectivity index (χ0n) is 12.0. The molecule has 1 aliphatic rings. The number of piperidine rings is 1. The highest BCUT2D eigenvalue weighted by Crippen LogP contribution is 2.34. The van der Waals surface area contributed by atoms with E-state index in [-0.39, 0.29) is 0 Å². The molecular weight excluding hydrogens is 222 g/mol. The highest BCUT2D eigenvalue weighted by Gasteiger charge is 2.34. The lowest BCUT2D eigenvalue weighted by Crippen LogP contribution is -2.45. The smallest absolute Gasteiger partial charge is 0.0921 e. The van der Waals surface area contributed by atoms with Crippen LogP contribution in [0.5, 0.6) is 0 Å². The predicted octanol–water partition coefficient (Wildman–Crippen LogP) is 3.00. The molecule has 0 aromatic heterocycles. The summed E-state index contributed by atoms with van der Waals surface area (Å²) in [5, 5.41) is 10.9. The molecule has 0 radical (unpaired) electrons. The Balaban J connectivity index is 2.18. The Labute approximate surface area is 111 Å². The third kappa shape index (κ3) is 2.76. The van der Waals surface area contributed by atoms with E-state index in [1.54, 1.807) is 0 Å². The van der Waals surface area contributed by atoms with Gasteiger partial charge in [0, 0.05) is 19.1 Å². The lowest BCUT2D eigenvalue weighted by Gasteiger charge is -2.40. The van der Waals surface area contributed by atoms with Crippen molar-refractivity contribution >= 4 is 0 Å². The molecule has 0 amide bonds. The van der Waals surface area contributed by atoms with Gasteiger partial charge in [0.15, 0.2) is 0 Å². The molecule has 1 fully saturated rings. The summed E-state index contributed by atoms with van der Waals surface area (Å²) in [4.78, 5) is 2.44. The summed E-state index contributed by atoms with van der Waals surface area (Å²) in [5.74, 6) is 0. The van der Waals surface area contributed by atoms with Gasteiger partial charge in [-0.25, -0.2) is 0 Å². The van der Waals surface area contributed by atoms with Crippen molar-refractivity contribution in [1.29, 1.82) is 0 Å². The maximum atomic E-state index is 10.9. The number of hydrogen-bond donors (Lipinski definition) is 1. The molecule has 1 aliphatic heterocycles. The van der Waals surface area contributed by atoms with Gasteiger partial charge in [0.2, 0.25) is 0 Å². The molecule has 1 heterocycles. The number of hydrogen-bond acceptors (Lipinski definition) is 2. The van der Waals surface area contributed by atoms with E-state index < -0.39 is 5.60 Å². The van der Waals surface area contributed by atoms with E-state index in [1.807, 2.05) is 0 Å². The third-order valence-corrected chi connectivity index (χ3v) is 4.11. The molecule has 2 nitrogen and oxygen atoms in total.